The Balaban J connectivity index is 2.35. The van der Waals surface area contributed by atoms with Crippen molar-refractivity contribution >= 4 is 23.0 Å². The maximum Gasteiger partial charge on any atom is 0.172 e. The van der Waals surface area contributed by atoms with Crippen molar-refractivity contribution in [3.63, 3.8) is 0 Å². The second kappa shape index (κ2) is 5.65. The van der Waals surface area contributed by atoms with Gasteiger partial charge in [0.25, 0.3) is 0 Å². The number of thiocarbonyl (C=S) groups is 1. The SMILES string of the molecule is CN(C)C(=S)Nc1ccccc1-c1ccccc1. The number of nitrogens with one attached hydrogen (secondary N) is 1. The summed E-state index contributed by atoms with van der Waals surface area (Å²) < 4.78 is 0. The zero-order valence-electron chi connectivity index (χ0n) is 10.6. The zero-order valence-corrected chi connectivity index (χ0v) is 11.4. The topological polar surface area (TPSA) is 15.3 Å². The van der Waals surface area contributed by atoms with Crippen LogP contribution < -0.4 is 5.32 Å². The summed E-state index contributed by atoms with van der Waals surface area (Å²) in [5.41, 5.74) is 3.37. The smallest absolute Gasteiger partial charge is 0.172 e. The minimum Gasteiger partial charge on any atom is -0.355 e. The van der Waals surface area contributed by atoms with Crippen molar-refractivity contribution in [2.75, 3.05) is 19.4 Å². The van der Waals surface area contributed by atoms with Crippen molar-refractivity contribution in [2.45, 2.75) is 0 Å². The summed E-state index contributed by atoms with van der Waals surface area (Å²) in [5.74, 6) is 0. The van der Waals surface area contributed by atoms with E-state index in [4.69, 9.17) is 12.2 Å². The first kappa shape index (κ1) is 12.6. The van der Waals surface area contributed by atoms with Gasteiger partial charge >= 0.3 is 0 Å². The Morgan fingerprint density at radius 2 is 1.56 bits per heavy atom. The minimum atomic E-state index is 0.707. The Labute approximate surface area is 113 Å². The molecule has 2 aromatic carbocycles. The molecule has 0 bridgehead atoms. The van der Waals surface area contributed by atoms with Crippen LogP contribution >= 0.6 is 12.2 Å². The van der Waals surface area contributed by atoms with Gasteiger partial charge in [0.2, 0.25) is 0 Å². The monoisotopic (exact) mass is 256 g/mol. The van der Waals surface area contributed by atoms with Gasteiger partial charge in [-0.15, -0.1) is 0 Å². The quantitative estimate of drug-likeness (QED) is 0.826. The highest BCUT2D eigenvalue weighted by Gasteiger charge is 2.06. The Bertz CT molecular complexity index is 535. The fourth-order valence-electron chi connectivity index (χ4n) is 1.69. The van der Waals surface area contributed by atoms with Crippen molar-refractivity contribution in [3.05, 3.63) is 54.6 Å². The maximum absolute atomic E-state index is 5.28. The fourth-order valence-corrected chi connectivity index (χ4v) is 1.80. The molecule has 1 N–H and O–H groups in total. The van der Waals surface area contributed by atoms with Crippen LogP contribution in [-0.4, -0.2) is 24.1 Å². The van der Waals surface area contributed by atoms with Crippen molar-refractivity contribution in [1.29, 1.82) is 0 Å². The first-order valence-electron chi connectivity index (χ1n) is 5.81. The van der Waals surface area contributed by atoms with Crippen LogP contribution in [0.15, 0.2) is 54.6 Å². The van der Waals surface area contributed by atoms with Gasteiger partial charge in [0.05, 0.1) is 0 Å². The molecular formula is C15H16N2S. The van der Waals surface area contributed by atoms with Crippen LogP contribution in [-0.2, 0) is 0 Å². The van der Waals surface area contributed by atoms with Crippen LogP contribution in [0.5, 0.6) is 0 Å². The van der Waals surface area contributed by atoms with Crippen LogP contribution in [0.2, 0.25) is 0 Å². The highest BCUT2D eigenvalue weighted by atomic mass is 32.1. The number of benzene rings is 2. The Morgan fingerprint density at radius 1 is 0.944 bits per heavy atom. The van der Waals surface area contributed by atoms with Gasteiger partial charge in [-0.05, 0) is 23.8 Å². The lowest BCUT2D eigenvalue weighted by Crippen LogP contribution is -2.27. The van der Waals surface area contributed by atoms with Crippen LogP contribution in [0, 0.1) is 0 Å². The Hall–Kier alpha value is -1.87. The van der Waals surface area contributed by atoms with Gasteiger partial charge in [-0.2, -0.15) is 0 Å². The average molecular weight is 256 g/mol. The van der Waals surface area contributed by atoms with Crippen LogP contribution in [0.3, 0.4) is 0 Å². The van der Waals surface area contributed by atoms with E-state index in [0.29, 0.717) is 5.11 Å². The van der Waals surface area contributed by atoms with Gasteiger partial charge in [0, 0.05) is 25.3 Å². The fraction of sp³-hybridized carbons (Fsp3) is 0.133. The number of rotatable bonds is 2. The van der Waals surface area contributed by atoms with Gasteiger partial charge in [0.15, 0.2) is 5.11 Å². The van der Waals surface area contributed by atoms with Gasteiger partial charge in [-0.25, -0.2) is 0 Å². The third-order valence-corrected chi connectivity index (χ3v) is 3.13. The van der Waals surface area contributed by atoms with Gasteiger partial charge in [-0.1, -0.05) is 48.5 Å². The van der Waals surface area contributed by atoms with E-state index in [1.807, 2.05) is 55.4 Å². The molecular weight excluding hydrogens is 240 g/mol. The number of anilines is 1. The molecule has 0 aliphatic heterocycles. The molecule has 0 amide bonds. The summed E-state index contributed by atoms with van der Waals surface area (Å²) in [6.45, 7) is 0. The molecule has 0 unspecified atom stereocenters. The van der Waals surface area contributed by atoms with Crippen LogP contribution in [0.4, 0.5) is 5.69 Å². The van der Waals surface area contributed by atoms with Crippen molar-refractivity contribution in [3.8, 4) is 11.1 Å². The van der Waals surface area contributed by atoms with E-state index < -0.39 is 0 Å². The van der Waals surface area contributed by atoms with Crippen molar-refractivity contribution < 1.29 is 0 Å². The van der Waals surface area contributed by atoms with Gasteiger partial charge < -0.3 is 10.2 Å². The zero-order chi connectivity index (χ0) is 13.0. The lowest BCUT2D eigenvalue weighted by atomic mass is 10.0. The number of nitrogens with zero attached hydrogens (tertiary/aromatic N) is 1. The van der Waals surface area contributed by atoms with E-state index in [1.165, 1.54) is 5.56 Å². The largest absolute Gasteiger partial charge is 0.355 e. The first-order chi connectivity index (χ1) is 8.68. The van der Waals surface area contributed by atoms with E-state index in [9.17, 15) is 0 Å². The van der Waals surface area contributed by atoms with E-state index >= 15 is 0 Å². The lowest BCUT2D eigenvalue weighted by Gasteiger charge is -2.18. The van der Waals surface area contributed by atoms with Crippen LogP contribution in [0.1, 0.15) is 0 Å². The summed E-state index contributed by atoms with van der Waals surface area (Å²) in [6.07, 6.45) is 0. The molecule has 2 nitrogen and oxygen atoms in total. The molecule has 0 saturated heterocycles. The molecule has 0 aromatic heterocycles. The first-order valence-corrected chi connectivity index (χ1v) is 6.22. The molecule has 0 saturated carbocycles. The minimum absolute atomic E-state index is 0.707. The second-order valence-electron chi connectivity index (χ2n) is 4.24. The number of hydrogen-bond donors (Lipinski definition) is 1. The second-order valence-corrected chi connectivity index (χ2v) is 4.62. The third-order valence-electron chi connectivity index (χ3n) is 2.66. The van der Waals surface area contributed by atoms with Gasteiger partial charge in [-0.3, -0.25) is 0 Å². The highest BCUT2D eigenvalue weighted by molar-refractivity contribution is 7.80. The Kier molecular flexibility index (Phi) is 3.95. The van der Waals surface area contributed by atoms with E-state index in [1.54, 1.807) is 0 Å². The summed E-state index contributed by atoms with van der Waals surface area (Å²) in [4.78, 5) is 1.89. The summed E-state index contributed by atoms with van der Waals surface area (Å²) in [6, 6.07) is 18.5. The molecule has 0 aliphatic rings. The molecule has 0 aliphatic carbocycles. The summed E-state index contributed by atoms with van der Waals surface area (Å²) in [5, 5.41) is 3.97. The normalized spacial score (nSPS) is 9.89. The number of para-hydroxylation sites is 1. The summed E-state index contributed by atoms with van der Waals surface area (Å²) in [7, 11) is 3.86. The van der Waals surface area contributed by atoms with Gasteiger partial charge in [0.1, 0.15) is 0 Å². The predicted molar refractivity (Wildman–Crippen MR) is 81.8 cm³/mol. The van der Waals surface area contributed by atoms with E-state index in [0.717, 1.165) is 11.3 Å². The molecule has 0 radical (unpaired) electrons. The lowest BCUT2D eigenvalue weighted by molar-refractivity contribution is 0.634. The molecule has 2 aromatic rings. The molecule has 3 heteroatoms. The number of hydrogen-bond acceptors (Lipinski definition) is 1. The molecule has 0 heterocycles. The van der Waals surface area contributed by atoms with E-state index in [-0.39, 0.29) is 0 Å². The molecule has 0 spiro atoms. The Morgan fingerprint density at radius 3 is 2.22 bits per heavy atom. The molecule has 0 fully saturated rings. The predicted octanol–water partition coefficient (Wildman–Crippen LogP) is 3.61. The molecule has 92 valence electrons. The highest BCUT2D eigenvalue weighted by Crippen LogP contribution is 2.27. The molecule has 18 heavy (non-hydrogen) atoms. The summed E-state index contributed by atoms with van der Waals surface area (Å²) >= 11 is 5.28. The maximum atomic E-state index is 5.28. The average Bonchev–Trinajstić information content (AvgIpc) is 2.40. The van der Waals surface area contributed by atoms with Crippen molar-refractivity contribution in [2.24, 2.45) is 0 Å². The van der Waals surface area contributed by atoms with Crippen LogP contribution in [0.25, 0.3) is 11.1 Å². The van der Waals surface area contributed by atoms with E-state index in [2.05, 4.69) is 23.5 Å². The molecule has 2 rings (SSSR count). The van der Waals surface area contributed by atoms with Crippen molar-refractivity contribution in [1.82, 2.24) is 4.90 Å². The third kappa shape index (κ3) is 2.87. The standard InChI is InChI=1S/C15H16N2S/c1-17(2)15(18)16-14-11-7-6-10-13(14)12-8-4-3-5-9-12/h3-11H,1-2H3,(H,16,18). The molecule has 0 atom stereocenters.